The van der Waals surface area contributed by atoms with E-state index in [2.05, 4.69) is 57.5 Å². The van der Waals surface area contributed by atoms with Crippen LogP contribution >= 0.6 is 0 Å². The number of anilines is 1. The number of aromatic nitrogens is 2. The van der Waals surface area contributed by atoms with Gasteiger partial charge in [-0.05, 0) is 25.6 Å². The van der Waals surface area contributed by atoms with E-state index in [1.807, 2.05) is 18.2 Å². The minimum atomic E-state index is 0.888. The lowest BCUT2D eigenvalue weighted by atomic mass is 10.1. The first kappa shape index (κ1) is 15.9. The largest absolute Gasteiger partial charge is 0.367 e. The fourth-order valence-electron chi connectivity index (χ4n) is 2.81. The van der Waals surface area contributed by atoms with E-state index in [4.69, 9.17) is 0 Å². The molecule has 0 aliphatic carbocycles. The van der Waals surface area contributed by atoms with Gasteiger partial charge in [-0.15, -0.1) is 10.2 Å². The highest BCUT2D eigenvalue weighted by Gasteiger charge is 2.13. The summed E-state index contributed by atoms with van der Waals surface area (Å²) >= 11 is 0. The molecule has 1 aromatic heterocycles. The van der Waals surface area contributed by atoms with Crippen LogP contribution in [-0.2, 0) is 0 Å². The van der Waals surface area contributed by atoms with Gasteiger partial charge in [0.2, 0.25) is 0 Å². The minimum absolute atomic E-state index is 0.888. The van der Waals surface area contributed by atoms with E-state index >= 15 is 0 Å². The maximum atomic E-state index is 4.36. The second-order valence-corrected chi connectivity index (χ2v) is 6.20. The van der Waals surface area contributed by atoms with Gasteiger partial charge in [-0.2, -0.15) is 0 Å². The first-order chi connectivity index (χ1) is 11.2. The van der Waals surface area contributed by atoms with Crippen LogP contribution in [0.2, 0.25) is 0 Å². The van der Waals surface area contributed by atoms with Crippen molar-refractivity contribution in [1.82, 2.24) is 20.0 Å². The zero-order chi connectivity index (χ0) is 16.1. The molecule has 1 saturated heterocycles. The van der Waals surface area contributed by atoms with E-state index in [9.17, 15) is 0 Å². The van der Waals surface area contributed by atoms with E-state index in [1.165, 1.54) is 0 Å². The molecule has 0 spiro atoms. The molecule has 1 aromatic carbocycles. The van der Waals surface area contributed by atoms with Gasteiger partial charge >= 0.3 is 0 Å². The van der Waals surface area contributed by atoms with Crippen molar-refractivity contribution < 1.29 is 0 Å². The number of likely N-dealkylation sites (N-methyl/N-ethyl adjacent to an activating group) is 1. The quantitative estimate of drug-likeness (QED) is 0.916. The average molecular weight is 311 g/mol. The van der Waals surface area contributed by atoms with E-state index in [-0.39, 0.29) is 0 Å². The summed E-state index contributed by atoms with van der Waals surface area (Å²) in [5, 5.41) is 12.1. The highest BCUT2D eigenvalue weighted by atomic mass is 15.3. The SMILES string of the molecule is Cc1cc(-c2ccccc2)nnc1NCCN1CCN(C)CC1. The summed E-state index contributed by atoms with van der Waals surface area (Å²) in [4.78, 5) is 4.87. The monoisotopic (exact) mass is 311 g/mol. The standard InChI is InChI=1S/C18H25N5/c1-15-14-17(16-6-4-3-5-7-16)20-21-18(15)19-8-9-23-12-10-22(2)11-13-23/h3-7,14H,8-13H2,1-2H3,(H,19,21). The Morgan fingerprint density at radius 3 is 2.48 bits per heavy atom. The number of rotatable bonds is 5. The van der Waals surface area contributed by atoms with E-state index < -0.39 is 0 Å². The van der Waals surface area contributed by atoms with E-state index in [1.54, 1.807) is 0 Å². The highest BCUT2D eigenvalue weighted by molar-refractivity contribution is 5.61. The molecule has 122 valence electrons. The zero-order valence-electron chi connectivity index (χ0n) is 14.0. The van der Waals surface area contributed by atoms with Gasteiger partial charge in [0.05, 0.1) is 5.69 Å². The summed E-state index contributed by atoms with van der Waals surface area (Å²) in [6.07, 6.45) is 0. The molecule has 0 amide bonds. The Balaban J connectivity index is 1.54. The molecule has 2 heterocycles. The van der Waals surface area contributed by atoms with Crippen LogP contribution in [0.3, 0.4) is 0 Å². The number of piperazine rings is 1. The summed E-state index contributed by atoms with van der Waals surface area (Å²) < 4.78 is 0. The van der Waals surface area contributed by atoms with Gasteiger partial charge in [0, 0.05) is 44.8 Å². The fourth-order valence-corrected chi connectivity index (χ4v) is 2.81. The molecule has 1 fully saturated rings. The number of nitrogens with one attached hydrogen (secondary N) is 1. The average Bonchev–Trinajstić information content (AvgIpc) is 2.59. The number of hydrogen-bond donors (Lipinski definition) is 1. The predicted molar refractivity (Wildman–Crippen MR) is 94.6 cm³/mol. The lowest BCUT2D eigenvalue weighted by Gasteiger charge is -2.32. The summed E-state index contributed by atoms with van der Waals surface area (Å²) in [6, 6.07) is 12.3. The van der Waals surface area contributed by atoms with Crippen molar-refractivity contribution in [3.05, 3.63) is 42.0 Å². The summed E-state index contributed by atoms with van der Waals surface area (Å²) in [5.74, 6) is 0.888. The third-order valence-corrected chi connectivity index (χ3v) is 4.37. The lowest BCUT2D eigenvalue weighted by molar-refractivity contribution is 0.158. The molecule has 5 nitrogen and oxygen atoms in total. The van der Waals surface area contributed by atoms with Gasteiger partial charge in [-0.1, -0.05) is 30.3 Å². The van der Waals surface area contributed by atoms with Crippen LogP contribution in [0, 0.1) is 6.92 Å². The summed E-state index contributed by atoms with van der Waals surface area (Å²) in [7, 11) is 2.18. The van der Waals surface area contributed by atoms with E-state index in [0.29, 0.717) is 0 Å². The van der Waals surface area contributed by atoms with Gasteiger partial charge in [0.15, 0.2) is 5.82 Å². The number of nitrogens with zero attached hydrogens (tertiary/aromatic N) is 4. The zero-order valence-corrected chi connectivity index (χ0v) is 14.0. The van der Waals surface area contributed by atoms with Gasteiger partial charge < -0.3 is 10.2 Å². The summed E-state index contributed by atoms with van der Waals surface area (Å²) in [5.41, 5.74) is 3.16. The first-order valence-corrected chi connectivity index (χ1v) is 8.27. The minimum Gasteiger partial charge on any atom is -0.367 e. The Morgan fingerprint density at radius 2 is 1.78 bits per heavy atom. The second-order valence-electron chi connectivity index (χ2n) is 6.20. The van der Waals surface area contributed by atoms with E-state index in [0.717, 1.165) is 61.9 Å². The smallest absolute Gasteiger partial charge is 0.151 e. The second kappa shape index (κ2) is 7.53. The molecule has 0 radical (unpaired) electrons. The molecule has 1 aliphatic rings. The molecule has 3 rings (SSSR count). The molecule has 0 saturated carbocycles. The van der Waals surface area contributed by atoms with Crippen LogP contribution in [0.15, 0.2) is 36.4 Å². The van der Waals surface area contributed by atoms with Crippen molar-refractivity contribution in [2.24, 2.45) is 0 Å². The van der Waals surface area contributed by atoms with Crippen LogP contribution < -0.4 is 5.32 Å². The number of aryl methyl sites for hydroxylation is 1. The molecular formula is C18H25N5. The molecule has 0 atom stereocenters. The Labute approximate surface area is 138 Å². The van der Waals surface area contributed by atoms with Gasteiger partial charge in [-0.3, -0.25) is 4.90 Å². The lowest BCUT2D eigenvalue weighted by Crippen LogP contribution is -2.45. The number of benzene rings is 1. The van der Waals surface area contributed by atoms with Crippen molar-refractivity contribution in [2.75, 3.05) is 51.6 Å². The van der Waals surface area contributed by atoms with Crippen LogP contribution in [0.4, 0.5) is 5.82 Å². The van der Waals surface area contributed by atoms with Gasteiger partial charge in [0.1, 0.15) is 0 Å². The molecule has 2 aromatic rings. The molecular weight excluding hydrogens is 286 g/mol. The van der Waals surface area contributed by atoms with Crippen LogP contribution in [-0.4, -0.2) is 66.3 Å². The molecule has 1 aliphatic heterocycles. The van der Waals surface area contributed by atoms with Crippen molar-refractivity contribution in [2.45, 2.75) is 6.92 Å². The summed E-state index contributed by atoms with van der Waals surface area (Å²) in [6.45, 7) is 8.65. The Hall–Kier alpha value is -1.98. The Morgan fingerprint density at radius 1 is 1.04 bits per heavy atom. The Bertz CT molecular complexity index is 621. The van der Waals surface area contributed by atoms with Crippen LogP contribution in [0.25, 0.3) is 11.3 Å². The normalized spacial score (nSPS) is 16.4. The highest BCUT2D eigenvalue weighted by Crippen LogP contribution is 2.19. The van der Waals surface area contributed by atoms with Gasteiger partial charge in [0.25, 0.3) is 0 Å². The third kappa shape index (κ3) is 4.27. The first-order valence-electron chi connectivity index (χ1n) is 8.27. The van der Waals surface area contributed by atoms with Crippen molar-refractivity contribution >= 4 is 5.82 Å². The maximum absolute atomic E-state index is 4.36. The van der Waals surface area contributed by atoms with Crippen molar-refractivity contribution in [3.8, 4) is 11.3 Å². The molecule has 0 bridgehead atoms. The molecule has 0 unspecified atom stereocenters. The van der Waals surface area contributed by atoms with Crippen molar-refractivity contribution in [3.63, 3.8) is 0 Å². The van der Waals surface area contributed by atoms with Crippen LogP contribution in [0.1, 0.15) is 5.56 Å². The Kier molecular flexibility index (Phi) is 5.20. The fraction of sp³-hybridized carbons (Fsp3) is 0.444. The molecule has 5 heteroatoms. The molecule has 1 N–H and O–H groups in total. The van der Waals surface area contributed by atoms with Crippen LogP contribution in [0.5, 0.6) is 0 Å². The topological polar surface area (TPSA) is 44.3 Å². The third-order valence-electron chi connectivity index (χ3n) is 4.37. The van der Waals surface area contributed by atoms with Gasteiger partial charge in [-0.25, -0.2) is 0 Å². The molecule has 23 heavy (non-hydrogen) atoms. The predicted octanol–water partition coefficient (Wildman–Crippen LogP) is 2.11. The maximum Gasteiger partial charge on any atom is 0.151 e. The number of hydrogen-bond acceptors (Lipinski definition) is 5. The van der Waals surface area contributed by atoms with Crippen molar-refractivity contribution in [1.29, 1.82) is 0 Å².